The molecule has 1 nitrogen and oxygen atoms in total. The summed E-state index contributed by atoms with van der Waals surface area (Å²) < 4.78 is 0. The van der Waals surface area contributed by atoms with Crippen molar-refractivity contribution in [2.75, 3.05) is 4.90 Å². The fourth-order valence-corrected chi connectivity index (χ4v) is 8.60. The van der Waals surface area contributed by atoms with Gasteiger partial charge in [-0.05, 0) is 121 Å². The van der Waals surface area contributed by atoms with Crippen molar-refractivity contribution in [1.29, 1.82) is 0 Å². The largest absolute Gasteiger partial charge is 0.310 e. The van der Waals surface area contributed by atoms with E-state index in [4.69, 9.17) is 0 Å². The van der Waals surface area contributed by atoms with Crippen LogP contribution in [0.2, 0.25) is 0 Å². The molecule has 0 bridgehead atoms. The number of fused-ring (bicyclic) bond motifs is 5. The lowest BCUT2D eigenvalue weighted by atomic mass is 9.74. The summed E-state index contributed by atoms with van der Waals surface area (Å²) >= 11 is 0. The van der Waals surface area contributed by atoms with Gasteiger partial charge in [-0.2, -0.15) is 0 Å². The smallest absolute Gasteiger partial charge is 0.0468 e. The summed E-state index contributed by atoms with van der Waals surface area (Å²) in [6, 6.07) is 55.8. The number of hydrogen-bond acceptors (Lipinski definition) is 1. The van der Waals surface area contributed by atoms with E-state index in [9.17, 15) is 0 Å². The molecular weight excluding hydrogens is 591 g/mol. The third kappa shape index (κ3) is 4.84. The van der Waals surface area contributed by atoms with E-state index in [1.807, 2.05) is 0 Å². The van der Waals surface area contributed by atoms with Gasteiger partial charge in [-0.15, -0.1) is 0 Å². The van der Waals surface area contributed by atoms with E-state index in [1.54, 1.807) is 5.57 Å². The van der Waals surface area contributed by atoms with Crippen molar-refractivity contribution in [2.45, 2.75) is 32.6 Å². The lowest BCUT2D eigenvalue weighted by molar-refractivity contribution is 0.530. The minimum atomic E-state index is 0.0276. The van der Waals surface area contributed by atoms with E-state index < -0.39 is 0 Å². The van der Waals surface area contributed by atoms with Crippen molar-refractivity contribution in [1.82, 2.24) is 0 Å². The molecule has 1 unspecified atom stereocenters. The van der Waals surface area contributed by atoms with Crippen molar-refractivity contribution in [3.63, 3.8) is 0 Å². The maximum absolute atomic E-state index is 2.43. The number of anilines is 3. The van der Waals surface area contributed by atoms with Crippen LogP contribution in [0, 0.1) is 5.92 Å². The van der Waals surface area contributed by atoms with Crippen molar-refractivity contribution < 1.29 is 0 Å². The summed E-state index contributed by atoms with van der Waals surface area (Å²) in [5.41, 5.74) is 14.2. The maximum atomic E-state index is 2.43. The normalized spacial score (nSPS) is 16.2. The van der Waals surface area contributed by atoms with E-state index in [0.29, 0.717) is 5.92 Å². The summed E-state index contributed by atoms with van der Waals surface area (Å²) in [5.74, 6) is 0.547. The first-order valence-electron chi connectivity index (χ1n) is 17.5. The molecule has 2 aliphatic carbocycles. The molecule has 2 aliphatic rings. The Balaban J connectivity index is 1.18. The first kappa shape index (κ1) is 29.5. The Kier molecular flexibility index (Phi) is 6.91. The Morgan fingerprint density at radius 1 is 0.531 bits per heavy atom. The highest BCUT2D eigenvalue weighted by Gasteiger charge is 2.40. The van der Waals surface area contributed by atoms with Crippen molar-refractivity contribution in [3.05, 3.63) is 181 Å². The van der Waals surface area contributed by atoms with Crippen LogP contribution in [0.15, 0.2) is 169 Å². The highest BCUT2D eigenvalue weighted by Crippen LogP contribution is 2.53. The van der Waals surface area contributed by atoms with Gasteiger partial charge in [0, 0.05) is 22.5 Å². The van der Waals surface area contributed by atoms with Crippen LogP contribution in [0.4, 0.5) is 17.1 Å². The molecule has 7 aromatic rings. The highest BCUT2D eigenvalue weighted by atomic mass is 15.1. The van der Waals surface area contributed by atoms with Gasteiger partial charge >= 0.3 is 0 Å². The van der Waals surface area contributed by atoms with Crippen LogP contribution in [0.5, 0.6) is 0 Å². The molecule has 0 heterocycles. The molecule has 1 heteroatoms. The van der Waals surface area contributed by atoms with E-state index in [-0.39, 0.29) is 5.41 Å². The maximum Gasteiger partial charge on any atom is 0.0468 e. The first-order valence-corrected chi connectivity index (χ1v) is 17.5. The van der Waals surface area contributed by atoms with Gasteiger partial charge in [0.25, 0.3) is 0 Å². The molecule has 236 valence electrons. The summed E-state index contributed by atoms with van der Waals surface area (Å²) in [7, 11) is 0. The van der Waals surface area contributed by atoms with Crippen LogP contribution < -0.4 is 4.90 Å². The Morgan fingerprint density at radius 2 is 1.12 bits per heavy atom. The fourth-order valence-electron chi connectivity index (χ4n) is 8.60. The van der Waals surface area contributed by atoms with Gasteiger partial charge in [0.15, 0.2) is 0 Å². The Labute approximate surface area is 289 Å². The SMILES string of the molecule is CC1CC=CC2=C1C(C)(C)c1ccc(N(c3ccc(-c4ccccc4)cc3)c3ccc(-c4cc5ccccc5c5ccccc45)cc3)cc12. The number of nitrogens with zero attached hydrogens (tertiary/aromatic N) is 1. The molecule has 0 saturated carbocycles. The van der Waals surface area contributed by atoms with Crippen molar-refractivity contribution >= 4 is 44.2 Å². The second-order valence-corrected chi connectivity index (χ2v) is 14.2. The number of hydrogen-bond donors (Lipinski definition) is 0. The molecule has 0 spiro atoms. The molecule has 49 heavy (non-hydrogen) atoms. The Hall–Kier alpha value is -5.66. The topological polar surface area (TPSA) is 3.24 Å². The molecule has 0 radical (unpaired) electrons. The molecule has 7 aromatic carbocycles. The minimum absolute atomic E-state index is 0.0276. The second kappa shape index (κ2) is 11.5. The van der Waals surface area contributed by atoms with Crippen LogP contribution in [0.25, 0.3) is 49.4 Å². The van der Waals surface area contributed by atoms with Gasteiger partial charge in [-0.3, -0.25) is 0 Å². The Morgan fingerprint density at radius 3 is 1.86 bits per heavy atom. The second-order valence-electron chi connectivity index (χ2n) is 14.2. The van der Waals surface area contributed by atoms with Crippen molar-refractivity contribution in [3.8, 4) is 22.3 Å². The van der Waals surface area contributed by atoms with Crippen LogP contribution in [0.1, 0.15) is 38.3 Å². The zero-order valence-electron chi connectivity index (χ0n) is 28.3. The summed E-state index contributed by atoms with van der Waals surface area (Å²) in [4.78, 5) is 2.42. The summed E-state index contributed by atoms with van der Waals surface area (Å²) in [6.45, 7) is 7.19. The number of benzene rings is 7. The molecule has 0 aromatic heterocycles. The molecular formula is C48H39N. The van der Waals surface area contributed by atoms with Gasteiger partial charge in [-0.25, -0.2) is 0 Å². The monoisotopic (exact) mass is 629 g/mol. The zero-order valence-corrected chi connectivity index (χ0v) is 28.3. The van der Waals surface area contributed by atoms with E-state index in [1.165, 1.54) is 66.2 Å². The first-order chi connectivity index (χ1) is 24.0. The zero-order chi connectivity index (χ0) is 33.1. The predicted octanol–water partition coefficient (Wildman–Crippen LogP) is 13.4. The van der Waals surface area contributed by atoms with Gasteiger partial charge < -0.3 is 4.90 Å². The lowest BCUT2D eigenvalue weighted by Crippen LogP contribution is -2.22. The van der Waals surface area contributed by atoms with Gasteiger partial charge in [0.2, 0.25) is 0 Å². The standard InChI is InChI=1S/C48H39N/c1-32-12-11-19-43-45-31-39(28-29-46(45)48(2,3)47(32)43)49(37-24-20-34(21-25-37)33-13-5-4-6-14-33)38-26-22-35(23-27-38)44-30-36-15-7-8-16-40(36)41-17-9-10-18-42(41)44/h4-11,13-32H,12H2,1-3H3. The van der Waals surface area contributed by atoms with Crippen LogP contribution >= 0.6 is 0 Å². The molecule has 0 N–H and O–H groups in total. The molecule has 1 atom stereocenters. The van der Waals surface area contributed by atoms with Gasteiger partial charge in [0.05, 0.1) is 0 Å². The lowest BCUT2D eigenvalue weighted by Gasteiger charge is -2.30. The summed E-state index contributed by atoms with van der Waals surface area (Å²) in [6.07, 6.45) is 5.84. The molecule has 0 amide bonds. The van der Waals surface area contributed by atoms with E-state index in [2.05, 4.69) is 189 Å². The molecule has 0 saturated heterocycles. The predicted molar refractivity (Wildman–Crippen MR) is 210 cm³/mol. The number of allylic oxidation sites excluding steroid dienone is 4. The van der Waals surface area contributed by atoms with Crippen LogP contribution in [0.3, 0.4) is 0 Å². The van der Waals surface area contributed by atoms with Gasteiger partial charge in [-0.1, -0.05) is 142 Å². The summed E-state index contributed by atoms with van der Waals surface area (Å²) in [5, 5.41) is 5.13. The van der Waals surface area contributed by atoms with Crippen LogP contribution in [-0.2, 0) is 5.41 Å². The van der Waals surface area contributed by atoms with Crippen LogP contribution in [-0.4, -0.2) is 0 Å². The van der Waals surface area contributed by atoms with E-state index in [0.717, 1.165) is 17.8 Å². The van der Waals surface area contributed by atoms with E-state index >= 15 is 0 Å². The average molecular weight is 630 g/mol. The molecule has 9 rings (SSSR count). The van der Waals surface area contributed by atoms with Gasteiger partial charge in [0.1, 0.15) is 0 Å². The third-order valence-electron chi connectivity index (χ3n) is 10.9. The third-order valence-corrected chi connectivity index (χ3v) is 10.9. The quantitative estimate of drug-likeness (QED) is 0.171. The molecule has 0 fully saturated rings. The fraction of sp³-hybridized carbons (Fsp3) is 0.125. The highest BCUT2D eigenvalue weighted by molar-refractivity contribution is 6.13. The van der Waals surface area contributed by atoms with Crippen molar-refractivity contribution in [2.24, 2.45) is 5.92 Å². The molecule has 0 aliphatic heterocycles. The average Bonchev–Trinajstić information content (AvgIpc) is 3.38. The minimum Gasteiger partial charge on any atom is -0.310 e. The Bertz CT molecular complexity index is 2430. The number of rotatable bonds is 5.